The van der Waals surface area contributed by atoms with Crippen LogP contribution in [-0.2, 0) is 0 Å². The van der Waals surface area contributed by atoms with Crippen LogP contribution in [-0.4, -0.2) is 4.98 Å². The van der Waals surface area contributed by atoms with E-state index in [0.717, 1.165) is 10.3 Å². The molecule has 2 aromatic rings. The highest BCUT2D eigenvalue weighted by atomic mass is 32.1. The molecule has 0 saturated carbocycles. The Morgan fingerprint density at radius 2 is 2.14 bits per heavy atom. The van der Waals surface area contributed by atoms with Gasteiger partial charge in [0.2, 0.25) is 0 Å². The second kappa shape index (κ2) is 3.20. The number of fused-ring (bicyclic) bond motifs is 1. The lowest BCUT2D eigenvalue weighted by Crippen LogP contribution is -1.89. The number of nitrogens with zero attached hydrogens (tertiary/aromatic N) is 1. The second-order valence-electron chi connectivity index (χ2n) is 3.52. The first-order chi connectivity index (χ1) is 6.59. The summed E-state index contributed by atoms with van der Waals surface area (Å²) in [4.78, 5) is 3.98. The molecule has 0 unspecified atom stereocenters. The molecule has 2 N–H and O–H groups in total. The zero-order chi connectivity index (χ0) is 10.3. The molecule has 0 radical (unpaired) electrons. The van der Waals surface area contributed by atoms with Gasteiger partial charge in [-0.15, -0.1) is 0 Å². The Labute approximate surface area is 85.6 Å². The Hall–Kier alpha value is -1.16. The zero-order valence-corrected chi connectivity index (χ0v) is 8.86. The van der Waals surface area contributed by atoms with Crippen LogP contribution in [0.2, 0.25) is 0 Å². The summed E-state index contributed by atoms with van der Waals surface area (Å²) in [6.07, 6.45) is 0. The zero-order valence-electron chi connectivity index (χ0n) is 8.04. The molecule has 2 nitrogen and oxygen atoms in total. The maximum atomic E-state index is 13.3. The number of aromatic nitrogens is 1. The van der Waals surface area contributed by atoms with Crippen LogP contribution in [0.15, 0.2) is 12.1 Å². The third kappa shape index (κ3) is 1.35. The first-order valence-electron chi connectivity index (χ1n) is 4.44. The van der Waals surface area contributed by atoms with Crippen LogP contribution in [0.1, 0.15) is 25.3 Å². The van der Waals surface area contributed by atoms with E-state index in [-0.39, 0.29) is 5.82 Å². The Bertz CT molecular complexity index is 476. The Morgan fingerprint density at radius 3 is 2.79 bits per heavy atom. The van der Waals surface area contributed by atoms with Gasteiger partial charge in [-0.25, -0.2) is 9.37 Å². The van der Waals surface area contributed by atoms with Gasteiger partial charge in [0.15, 0.2) is 5.13 Å². The highest BCUT2D eigenvalue weighted by Gasteiger charge is 2.12. The number of nitrogens with two attached hydrogens (primary N) is 1. The molecule has 0 aliphatic carbocycles. The predicted octanol–water partition coefficient (Wildman–Crippen LogP) is 3.14. The molecular formula is C10H11FN2S. The topological polar surface area (TPSA) is 38.9 Å². The van der Waals surface area contributed by atoms with Crippen molar-refractivity contribution in [1.82, 2.24) is 4.98 Å². The number of hydrogen-bond donors (Lipinski definition) is 1. The van der Waals surface area contributed by atoms with Gasteiger partial charge in [-0.05, 0) is 17.5 Å². The molecule has 0 aliphatic heterocycles. The van der Waals surface area contributed by atoms with E-state index in [4.69, 9.17) is 5.73 Å². The van der Waals surface area contributed by atoms with E-state index in [0.29, 0.717) is 16.6 Å². The van der Waals surface area contributed by atoms with Crippen molar-refractivity contribution in [3.8, 4) is 0 Å². The predicted molar refractivity (Wildman–Crippen MR) is 58.1 cm³/mol. The molecule has 14 heavy (non-hydrogen) atoms. The van der Waals surface area contributed by atoms with E-state index in [1.807, 2.05) is 0 Å². The van der Waals surface area contributed by atoms with Gasteiger partial charge in [-0.3, -0.25) is 0 Å². The quantitative estimate of drug-likeness (QED) is 0.785. The van der Waals surface area contributed by atoms with Crippen molar-refractivity contribution < 1.29 is 4.39 Å². The van der Waals surface area contributed by atoms with Gasteiger partial charge in [0.05, 0.1) is 4.70 Å². The fourth-order valence-corrected chi connectivity index (χ4v) is 2.47. The smallest absolute Gasteiger partial charge is 0.181 e. The monoisotopic (exact) mass is 210 g/mol. The van der Waals surface area contributed by atoms with Crippen molar-refractivity contribution in [3.63, 3.8) is 0 Å². The van der Waals surface area contributed by atoms with Crippen LogP contribution in [0.25, 0.3) is 10.2 Å². The van der Waals surface area contributed by atoms with Crippen LogP contribution >= 0.6 is 11.3 Å². The second-order valence-corrected chi connectivity index (χ2v) is 4.55. The summed E-state index contributed by atoms with van der Waals surface area (Å²) in [6, 6.07) is 3.26. The molecule has 0 amide bonds. The summed E-state index contributed by atoms with van der Waals surface area (Å²) >= 11 is 1.35. The average molecular weight is 210 g/mol. The summed E-state index contributed by atoms with van der Waals surface area (Å²) in [7, 11) is 0. The number of hydrogen-bond acceptors (Lipinski definition) is 3. The summed E-state index contributed by atoms with van der Waals surface area (Å²) < 4.78 is 14.2. The van der Waals surface area contributed by atoms with Gasteiger partial charge >= 0.3 is 0 Å². The van der Waals surface area contributed by atoms with Gasteiger partial charge in [0.25, 0.3) is 0 Å². The van der Waals surface area contributed by atoms with Crippen LogP contribution in [0.5, 0.6) is 0 Å². The van der Waals surface area contributed by atoms with Crippen molar-refractivity contribution in [2.45, 2.75) is 19.8 Å². The molecule has 0 saturated heterocycles. The molecule has 1 heterocycles. The van der Waals surface area contributed by atoms with Gasteiger partial charge in [-0.2, -0.15) is 0 Å². The van der Waals surface area contributed by atoms with Gasteiger partial charge in [-0.1, -0.05) is 31.3 Å². The Balaban J connectivity index is 2.81. The highest BCUT2D eigenvalue weighted by molar-refractivity contribution is 7.22. The minimum atomic E-state index is -0.294. The largest absolute Gasteiger partial charge is 0.375 e. The van der Waals surface area contributed by atoms with Crippen molar-refractivity contribution in [2.75, 3.05) is 5.73 Å². The van der Waals surface area contributed by atoms with Crippen molar-refractivity contribution in [3.05, 3.63) is 23.5 Å². The van der Waals surface area contributed by atoms with Crippen LogP contribution in [0.3, 0.4) is 0 Å². The van der Waals surface area contributed by atoms with Crippen molar-refractivity contribution in [2.24, 2.45) is 0 Å². The Kier molecular flexibility index (Phi) is 2.15. The first-order valence-corrected chi connectivity index (χ1v) is 5.25. The molecule has 0 atom stereocenters. The molecule has 0 fully saturated rings. The van der Waals surface area contributed by atoms with Gasteiger partial charge in [0, 0.05) is 0 Å². The number of rotatable bonds is 1. The highest BCUT2D eigenvalue weighted by Crippen LogP contribution is 2.32. The van der Waals surface area contributed by atoms with Crippen LogP contribution in [0, 0.1) is 5.82 Å². The molecular weight excluding hydrogens is 199 g/mol. The molecule has 0 aliphatic rings. The molecule has 1 aromatic carbocycles. The summed E-state index contributed by atoms with van der Waals surface area (Å²) in [6.45, 7) is 4.14. The molecule has 2 rings (SSSR count). The van der Waals surface area contributed by atoms with E-state index in [9.17, 15) is 4.39 Å². The Morgan fingerprint density at radius 1 is 1.43 bits per heavy atom. The number of benzene rings is 1. The first kappa shape index (κ1) is 9.40. The van der Waals surface area contributed by atoms with Crippen molar-refractivity contribution >= 4 is 26.7 Å². The fraction of sp³-hybridized carbons (Fsp3) is 0.300. The number of halogens is 1. The maximum absolute atomic E-state index is 13.3. The van der Waals surface area contributed by atoms with E-state index in [1.165, 1.54) is 17.4 Å². The maximum Gasteiger partial charge on any atom is 0.181 e. The van der Waals surface area contributed by atoms with Gasteiger partial charge < -0.3 is 5.73 Å². The van der Waals surface area contributed by atoms with Gasteiger partial charge in [0.1, 0.15) is 11.3 Å². The lowest BCUT2D eigenvalue weighted by atomic mass is 10.0. The fourth-order valence-electron chi connectivity index (χ4n) is 1.47. The minimum Gasteiger partial charge on any atom is -0.375 e. The molecule has 0 spiro atoms. The van der Waals surface area contributed by atoms with Crippen molar-refractivity contribution in [1.29, 1.82) is 0 Å². The van der Waals surface area contributed by atoms with E-state index < -0.39 is 0 Å². The number of thiazole rings is 1. The number of nitrogen functional groups attached to an aromatic ring is 1. The summed E-state index contributed by atoms with van der Waals surface area (Å²) in [5, 5.41) is 0.423. The average Bonchev–Trinajstić information content (AvgIpc) is 2.47. The third-order valence-electron chi connectivity index (χ3n) is 2.16. The molecule has 1 aromatic heterocycles. The lowest BCUT2D eigenvalue weighted by Gasteiger charge is -2.05. The molecule has 74 valence electrons. The van der Waals surface area contributed by atoms with Crippen LogP contribution in [0.4, 0.5) is 9.52 Å². The summed E-state index contributed by atoms with van der Waals surface area (Å²) in [5.41, 5.74) is 7.08. The van der Waals surface area contributed by atoms with E-state index in [1.54, 1.807) is 6.07 Å². The SMILES string of the molecule is CC(C)c1ccc(F)c2nc(N)sc12. The van der Waals surface area contributed by atoms with E-state index in [2.05, 4.69) is 18.8 Å². The normalized spacial score (nSPS) is 11.4. The lowest BCUT2D eigenvalue weighted by molar-refractivity contribution is 0.636. The van der Waals surface area contributed by atoms with Crippen LogP contribution < -0.4 is 5.73 Å². The summed E-state index contributed by atoms with van der Waals surface area (Å²) in [5.74, 6) is 0.0651. The third-order valence-corrected chi connectivity index (χ3v) is 3.10. The minimum absolute atomic E-state index is 0.294. The van der Waals surface area contributed by atoms with E-state index >= 15 is 0 Å². The standard InChI is InChI=1S/C10H11FN2S/c1-5(2)6-3-4-7(11)8-9(6)14-10(12)13-8/h3-5H,1-2H3,(H2,12,13). The molecule has 4 heteroatoms. The molecule has 0 bridgehead atoms. The number of anilines is 1.